The van der Waals surface area contributed by atoms with Crippen LogP contribution in [0.15, 0.2) is 36.4 Å². The summed E-state index contributed by atoms with van der Waals surface area (Å²) in [5.74, 6) is -0.197. The van der Waals surface area contributed by atoms with Crippen LogP contribution in [0.5, 0.6) is 0 Å². The zero-order chi connectivity index (χ0) is 23.2. The minimum absolute atomic E-state index is 0.0757. The highest BCUT2D eigenvalue weighted by atomic mass is 35.5. The Morgan fingerprint density at radius 1 is 1.21 bits per heavy atom. The normalized spacial score (nSPS) is 21.4. The Morgan fingerprint density at radius 3 is 2.70 bits per heavy atom. The predicted octanol–water partition coefficient (Wildman–Crippen LogP) is 5.78. The van der Waals surface area contributed by atoms with E-state index in [1.54, 1.807) is 16.2 Å². The van der Waals surface area contributed by atoms with E-state index in [2.05, 4.69) is 22.9 Å². The van der Waals surface area contributed by atoms with E-state index in [-0.39, 0.29) is 17.9 Å². The van der Waals surface area contributed by atoms with Crippen molar-refractivity contribution in [3.05, 3.63) is 57.6 Å². The van der Waals surface area contributed by atoms with Crippen LogP contribution in [0.25, 0.3) is 10.2 Å². The third kappa shape index (κ3) is 3.97. The number of carbonyl (C=O) groups excluding carboxylic acids is 2. The molecule has 2 amide bonds. The molecule has 1 N–H and O–H groups in total. The quantitative estimate of drug-likeness (QED) is 0.500. The molecular weight excluding hydrogens is 454 g/mol. The van der Waals surface area contributed by atoms with Gasteiger partial charge in [-0.05, 0) is 49.9 Å². The lowest BCUT2D eigenvalue weighted by Gasteiger charge is -2.45. The zero-order valence-corrected chi connectivity index (χ0v) is 20.8. The zero-order valence-electron chi connectivity index (χ0n) is 19.2. The number of halogens is 1. The number of benzene rings is 1. The SMILES string of the molecule is CCc1cc2c(cc3n2CC(C)(C(=O)NC2CCCCC2)N(Cc2ccccc2Cl)C3=O)s1. The minimum atomic E-state index is -1.01. The lowest BCUT2D eigenvalue weighted by Crippen LogP contribution is -2.64. The highest BCUT2D eigenvalue weighted by Crippen LogP contribution is 2.37. The molecule has 5 nitrogen and oxygen atoms in total. The van der Waals surface area contributed by atoms with Crippen molar-refractivity contribution in [1.82, 2.24) is 14.8 Å². The molecule has 1 aliphatic heterocycles. The van der Waals surface area contributed by atoms with Crippen molar-refractivity contribution >= 4 is 45.0 Å². The molecule has 0 saturated heterocycles. The minimum Gasteiger partial charge on any atom is -0.351 e. The molecule has 33 heavy (non-hydrogen) atoms. The molecule has 1 atom stereocenters. The first kappa shape index (κ1) is 22.5. The van der Waals surface area contributed by atoms with Crippen molar-refractivity contribution in [3.8, 4) is 0 Å². The van der Waals surface area contributed by atoms with Gasteiger partial charge in [0.25, 0.3) is 5.91 Å². The van der Waals surface area contributed by atoms with Crippen LogP contribution < -0.4 is 5.32 Å². The largest absolute Gasteiger partial charge is 0.351 e. The maximum absolute atomic E-state index is 13.9. The molecule has 2 aromatic heterocycles. The van der Waals surface area contributed by atoms with E-state index in [1.165, 1.54) is 11.3 Å². The van der Waals surface area contributed by atoms with Gasteiger partial charge in [0.05, 0.1) is 16.8 Å². The smallest absolute Gasteiger partial charge is 0.271 e. The Labute approximate surface area is 203 Å². The third-order valence-electron chi connectivity index (χ3n) is 7.23. The number of fused-ring (bicyclic) bond motifs is 3. The molecule has 1 saturated carbocycles. The van der Waals surface area contributed by atoms with Crippen LogP contribution >= 0.6 is 22.9 Å². The number of thiophene rings is 1. The van der Waals surface area contributed by atoms with Gasteiger partial charge < -0.3 is 14.8 Å². The molecule has 1 aromatic carbocycles. The summed E-state index contributed by atoms with van der Waals surface area (Å²) in [5.41, 5.74) is 1.53. The van der Waals surface area contributed by atoms with Crippen molar-refractivity contribution < 1.29 is 9.59 Å². The van der Waals surface area contributed by atoms with Crippen molar-refractivity contribution in [3.63, 3.8) is 0 Å². The predicted molar refractivity (Wildman–Crippen MR) is 134 cm³/mol. The Kier molecular flexibility index (Phi) is 6.00. The van der Waals surface area contributed by atoms with E-state index < -0.39 is 5.54 Å². The Balaban J connectivity index is 1.55. The number of hydrogen-bond donors (Lipinski definition) is 1. The van der Waals surface area contributed by atoms with E-state index in [0.717, 1.165) is 47.9 Å². The van der Waals surface area contributed by atoms with Crippen molar-refractivity contribution in [1.29, 1.82) is 0 Å². The average molecular weight is 484 g/mol. The number of amides is 2. The molecule has 174 valence electrons. The summed E-state index contributed by atoms with van der Waals surface area (Å²) in [4.78, 5) is 30.7. The number of nitrogens with zero attached hydrogens (tertiary/aromatic N) is 2. The standard InChI is InChI=1S/C26H30ClN3O2S/c1-3-19-13-21-23(33-19)14-22-24(31)30(15-17-9-7-8-12-20(17)27)26(2,16-29(21)22)25(32)28-18-10-5-4-6-11-18/h7-9,12-14,18H,3-6,10-11,15-16H2,1-2H3,(H,28,32). The van der Waals surface area contributed by atoms with E-state index in [4.69, 9.17) is 11.6 Å². The van der Waals surface area contributed by atoms with Crippen molar-refractivity contribution in [2.75, 3.05) is 0 Å². The second-order valence-corrected chi connectivity index (χ2v) is 11.1. The number of hydrogen-bond acceptors (Lipinski definition) is 3. The van der Waals surface area contributed by atoms with Gasteiger partial charge in [-0.15, -0.1) is 11.3 Å². The van der Waals surface area contributed by atoms with Gasteiger partial charge in [-0.3, -0.25) is 9.59 Å². The van der Waals surface area contributed by atoms with Crippen LogP contribution in [0.4, 0.5) is 0 Å². The first-order valence-corrected chi connectivity index (χ1v) is 13.1. The van der Waals surface area contributed by atoms with Crippen LogP contribution in [-0.4, -0.2) is 32.9 Å². The number of nitrogens with one attached hydrogen (secondary N) is 1. The molecule has 5 rings (SSSR count). The molecule has 1 fully saturated rings. The van der Waals surface area contributed by atoms with Crippen LogP contribution in [0.3, 0.4) is 0 Å². The van der Waals surface area contributed by atoms with Gasteiger partial charge in [0.1, 0.15) is 11.2 Å². The number of carbonyl (C=O) groups is 2. The molecule has 1 unspecified atom stereocenters. The topological polar surface area (TPSA) is 54.3 Å². The van der Waals surface area contributed by atoms with Gasteiger partial charge in [0.2, 0.25) is 5.91 Å². The molecule has 3 aromatic rings. The van der Waals surface area contributed by atoms with E-state index >= 15 is 0 Å². The molecule has 0 bridgehead atoms. The van der Waals surface area contributed by atoms with Gasteiger partial charge in [-0.25, -0.2) is 0 Å². The first-order chi connectivity index (χ1) is 15.9. The van der Waals surface area contributed by atoms with Gasteiger partial charge >= 0.3 is 0 Å². The Hall–Kier alpha value is -2.31. The fourth-order valence-corrected chi connectivity index (χ4v) is 6.43. The summed E-state index contributed by atoms with van der Waals surface area (Å²) in [6, 6.07) is 11.9. The number of aromatic nitrogens is 1. The van der Waals surface area contributed by atoms with Crippen LogP contribution in [-0.2, 0) is 24.3 Å². The summed E-state index contributed by atoms with van der Waals surface area (Å²) in [7, 11) is 0. The molecule has 0 spiro atoms. The van der Waals surface area contributed by atoms with Crippen molar-refractivity contribution in [2.24, 2.45) is 0 Å². The molecular formula is C26H30ClN3O2S. The second kappa shape index (κ2) is 8.80. The first-order valence-electron chi connectivity index (χ1n) is 11.9. The fourth-order valence-electron chi connectivity index (χ4n) is 5.20. The monoisotopic (exact) mass is 483 g/mol. The molecule has 1 aliphatic carbocycles. The van der Waals surface area contributed by atoms with Crippen LogP contribution in [0, 0.1) is 0 Å². The fraction of sp³-hybridized carbons (Fsp3) is 0.462. The van der Waals surface area contributed by atoms with E-state index in [0.29, 0.717) is 23.8 Å². The highest BCUT2D eigenvalue weighted by molar-refractivity contribution is 7.19. The maximum atomic E-state index is 13.9. The lowest BCUT2D eigenvalue weighted by atomic mass is 9.91. The summed E-state index contributed by atoms with van der Waals surface area (Å²) in [6.45, 7) is 4.77. The molecule has 7 heteroatoms. The Bertz CT molecular complexity index is 1210. The molecule has 2 aliphatic rings. The molecule has 3 heterocycles. The van der Waals surface area contributed by atoms with Gasteiger partial charge in [-0.1, -0.05) is 56.0 Å². The second-order valence-electron chi connectivity index (χ2n) is 9.50. The van der Waals surface area contributed by atoms with Crippen LogP contribution in [0.1, 0.15) is 66.9 Å². The summed E-state index contributed by atoms with van der Waals surface area (Å²) >= 11 is 8.18. The summed E-state index contributed by atoms with van der Waals surface area (Å²) < 4.78 is 3.15. The van der Waals surface area contributed by atoms with E-state index in [9.17, 15) is 9.59 Å². The maximum Gasteiger partial charge on any atom is 0.271 e. The van der Waals surface area contributed by atoms with E-state index in [1.807, 2.05) is 37.3 Å². The summed E-state index contributed by atoms with van der Waals surface area (Å²) in [6.07, 6.45) is 6.47. The number of aryl methyl sites for hydroxylation is 1. The van der Waals surface area contributed by atoms with Gasteiger partial charge in [-0.2, -0.15) is 0 Å². The summed E-state index contributed by atoms with van der Waals surface area (Å²) in [5, 5.41) is 3.90. The lowest BCUT2D eigenvalue weighted by molar-refractivity contribution is -0.134. The average Bonchev–Trinajstić information content (AvgIpc) is 3.37. The third-order valence-corrected chi connectivity index (χ3v) is 8.82. The van der Waals surface area contributed by atoms with Crippen molar-refractivity contribution in [2.45, 2.75) is 77.0 Å². The highest BCUT2D eigenvalue weighted by Gasteiger charge is 2.48. The van der Waals surface area contributed by atoms with Gasteiger partial charge in [0, 0.05) is 22.5 Å². The molecule has 0 radical (unpaired) electrons. The Morgan fingerprint density at radius 2 is 1.97 bits per heavy atom. The number of rotatable bonds is 5. The van der Waals surface area contributed by atoms with Gasteiger partial charge in [0.15, 0.2) is 0 Å². The van der Waals surface area contributed by atoms with Crippen LogP contribution in [0.2, 0.25) is 5.02 Å².